The highest BCUT2D eigenvalue weighted by molar-refractivity contribution is 5.14. The highest BCUT2D eigenvalue weighted by Gasteiger charge is 2.52. The SMILES string of the molecule is C=C(C)[C@H]1CC2(CCCCC2)[C@H]1O. The van der Waals surface area contributed by atoms with Crippen molar-refractivity contribution in [1.82, 2.24) is 0 Å². The maximum atomic E-state index is 10.1. The van der Waals surface area contributed by atoms with Crippen LogP contribution in [0.5, 0.6) is 0 Å². The minimum atomic E-state index is -0.0784. The fourth-order valence-corrected chi connectivity index (χ4v) is 3.14. The predicted octanol–water partition coefficient (Wildman–Crippen LogP) is 2.89. The molecule has 0 aromatic rings. The van der Waals surface area contributed by atoms with Crippen LogP contribution < -0.4 is 0 Å². The molecular formula is C12H20O. The molecule has 0 bridgehead atoms. The van der Waals surface area contributed by atoms with Gasteiger partial charge in [-0.1, -0.05) is 31.4 Å². The van der Waals surface area contributed by atoms with E-state index in [0.29, 0.717) is 11.3 Å². The van der Waals surface area contributed by atoms with E-state index in [2.05, 4.69) is 6.58 Å². The van der Waals surface area contributed by atoms with E-state index < -0.39 is 0 Å². The molecular weight excluding hydrogens is 160 g/mol. The van der Waals surface area contributed by atoms with E-state index in [-0.39, 0.29) is 6.10 Å². The third-order valence-electron chi connectivity index (χ3n) is 4.12. The summed E-state index contributed by atoms with van der Waals surface area (Å²) < 4.78 is 0. The van der Waals surface area contributed by atoms with Crippen LogP contribution in [0.25, 0.3) is 0 Å². The lowest BCUT2D eigenvalue weighted by atomic mass is 9.52. The molecule has 13 heavy (non-hydrogen) atoms. The summed E-state index contributed by atoms with van der Waals surface area (Å²) in [4.78, 5) is 0. The van der Waals surface area contributed by atoms with Crippen molar-refractivity contribution in [2.45, 2.75) is 51.6 Å². The Bertz CT molecular complexity index is 213. The molecule has 2 saturated carbocycles. The monoisotopic (exact) mass is 180 g/mol. The average molecular weight is 180 g/mol. The molecule has 1 nitrogen and oxygen atoms in total. The lowest BCUT2D eigenvalue weighted by Gasteiger charge is -2.55. The van der Waals surface area contributed by atoms with Crippen molar-refractivity contribution in [3.05, 3.63) is 12.2 Å². The Morgan fingerprint density at radius 3 is 2.38 bits per heavy atom. The van der Waals surface area contributed by atoms with Gasteiger partial charge in [-0.15, -0.1) is 0 Å². The third-order valence-corrected chi connectivity index (χ3v) is 4.12. The summed E-state index contributed by atoms with van der Waals surface area (Å²) in [6.45, 7) is 5.99. The summed E-state index contributed by atoms with van der Waals surface area (Å²) in [6.07, 6.45) is 7.62. The molecule has 1 spiro atoms. The molecule has 0 aliphatic heterocycles. The summed E-state index contributed by atoms with van der Waals surface area (Å²) in [5.74, 6) is 0.401. The Morgan fingerprint density at radius 2 is 1.92 bits per heavy atom. The first-order valence-electron chi connectivity index (χ1n) is 5.49. The third kappa shape index (κ3) is 1.34. The van der Waals surface area contributed by atoms with Crippen molar-refractivity contribution in [2.75, 3.05) is 0 Å². The van der Waals surface area contributed by atoms with E-state index >= 15 is 0 Å². The van der Waals surface area contributed by atoms with E-state index in [1.165, 1.54) is 44.1 Å². The van der Waals surface area contributed by atoms with Crippen molar-refractivity contribution in [2.24, 2.45) is 11.3 Å². The first kappa shape index (κ1) is 9.26. The molecule has 0 amide bonds. The van der Waals surface area contributed by atoms with Gasteiger partial charge in [0.05, 0.1) is 6.10 Å². The van der Waals surface area contributed by atoms with Gasteiger partial charge in [-0.05, 0) is 31.6 Å². The molecule has 74 valence electrons. The molecule has 1 heteroatoms. The molecule has 0 saturated heterocycles. The van der Waals surface area contributed by atoms with Crippen molar-refractivity contribution in [3.8, 4) is 0 Å². The fourth-order valence-electron chi connectivity index (χ4n) is 3.14. The van der Waals surface area contributed by atoms with E-state index in [9.17, 15) is 5.11 Å². The molecule has 2 atom stereocenters. The lowest BCUT2D eigenvalue weighted by molar-refractivity contribution is -0.125. The molecule has 1 N–H and O–H groups in total. The Labute approximate surface area is 80.8 Å². The summed E-state index contributed by atoms with van der Waals surface area (Å²) in [5.41, 5.74) is 1.48. The number of aliphatic hydroxyl groups is 1. The van der Waals surface area contributed by atoms with E-state index in [1.807, 2.05) is 6.92 Å². The predicted molar refractivity (Wildman–Crippen MR) is 54.4 cm³/mol. The van der Waals surface area contributed by atoms with Crippen LogP contribution >= 0.6 is 0 Å². The number of rotatable bonds is 1. The van der Waals surface area contributed by atoms with Gasteiger partial charge in [-0.25, -0.2) is 0 Å². The molecule has 2 aliphatic carbocycles. The van der Waals surface area contributed by atoms with Gasteiger partial charge >= 0.3 is 0 Å². The van der Waals surface area contributed by atoms with Crippen LogP contribution in [0.2, 0.25) is 0 Å². The Balaban J connectivity index is 2.00. The minimum Gasteiger partial charge on any atom is -0.392 e. The summed E-state index contributed by atoms with van der Waals surface area (Å²) in [7, 11) is 0. The zero-order chi connectivity index (χ0) is 9.47. The van der Waals surface area contributed by atoms with Crippen molar-refractivity contribution >= 4 is 0 Å². The normalized spacial score (nSPS) is 37.1. The van der Waals surface area contributed by atoms with Gasteiger partial charge < -0.3 is 5.11 Å². The lowest BCUT2D eigenvalue weighted by Crippen LogP contribution is -2.53. The molecule has 0 unspecified atom stereocenters. The summed E-state index contributed by atoms with van der Waals surface area (Å²) >= 11 is 0. The Morgan fingerprint density at radius 1 is 1.31 bits per heavy atom. The standard InChI is InChI=1S/C12H20O/c1-9(2)10-8-12(11(10)13)6-4-3-5-7-12/h10-11,13H,1,3-8H2,2H3/t10-,11+/m1/s1. The van der Waals surface area contributed by atoms with Crippen molar-refractivity contribution in [3.63, 3.8) is 0 Å². The van der Waals surface area contributed by atoms with Gasteiger partial charge in [0.2, 0.25) is 0 Å². The summed E-state index contributed by atoms with van der Waals surface area (Å²) in [6, 6.07) is 0. The van der Waals surface area contributed by atoms with Gasteiger partial charge in [-0.2, -0.15) is 0 Å². The maximum Gasteiger partial charge on any atom is 0.0661 e. The van der Waals surface area contributed by atoms with Crippen LogP contribution in [0.3, 0.4) is 0 Å². The van der Waals surface area contributed by atoms with Gasteiger partial charge in [0.25, 0.3) is 0 Å². The summed E-state index contributed by atoms with van der Waals surface area (Å²) in [5, 5.41) is 10.1. The van der Waals surface area contributed by atoms with Gasteiger partial charge in [0.1, 0.15) is 0 Å². The van der Waals surface area contributed by atoms with Gasteiger partial charge in [-0.3, -0.25) is 0 Å². The molecule has 0 aromatic carbocycles. The average Bonchev–Trinajstić information content (AvgIpc) is 2.15. The van der Waals surface area contributed by atoms with Crippen LogP contribution in [0, 0.1) is 11.3 Å². The van der Waals surface area contributed by atoms with Gasteiger partial charge in [0.15, 0.2) is 0 Å². The largest absolute Gasteiger partial charge is 0.392 e. The smallest absolute Gasteiger partial charge is 0.0661 e. The second-order valence-corrected chi connectivity index (χ2v) is 5.02. The van der Waals surface area contributed by atoms with Crippen LogP contribution in [-0.4, -0.2) is 11.2 Å². The van der Waals surface area contributed by atoms with Crippen LogP contribution in [0.1, 0.15) is 45.4 Å². The topological polar surface area (TPSA) is 20.2 Å². The first-order valence-corrected chi connectivity index (χ1v) is 5.49. The van der Waals surface area contributed by atoms with Crippen LogP contribution in [-0.2, 0) is 0 Å². The van der Waals surface area contributed by atoms with Crippen molar-refractivity contribution < 1.29 is 5.11 Å². The number of hydrogen-bond donors (Lipinski definition) is 1. The van der Waals surface area contributed by atoms with Gasteiger partial charge in [0, 0.05) is 5.92 Å². The highest BCUT2D eigenvalue weighted by Crippen LogP contribution is 2.56. The van der Waals surface area contributed by atoms with Crippen LogP contribution in [0.4, 0.5) is 0 Å². The molecule has 2 fully saturated rings. The second kappa shape index (κ2) is 3.13. The van der Waals surface area contributed by atoms with E-state index in [1.54, 1.807) is 0 Å². The molecule has 2 rings (SSSR count). The van der Waals surface area contributed by atoms with Crippen molar-refractivity contribution in [1.29, 1.82) is 0 Å². The number of hydrogen-bond acceptors (Lipinski definition) is 1. The fraction of sp³-hybridized carbons (Fsp3) is 0.833. The Kier molecular flexibility index (Phi) is 2.23. The maximum absolute atomic E-state index is 10.1. The molecule has 0 heterocycles. The van der Waals surface area contributed by atoms with E-state index in [4.69, 9.17) is 0 Å². The number of aliphatic hydroxyl groups excluding tert-OH is 1. The second-order valence-electron chi connectivity index (χ2n) is 5.02. The highest BCUT2D eigenvalue weighted by atomic mass is 16.3. The van der Waals surface area contributed by atoms with E-state index in [0.717, 1.165) is 0 Å². The minimum absolute atomic E-state index is 0.0784. The van der Waals surface area contributed by atoms with Crippen LogP contribution in [0.15, 0.2) is 12.2 Å². The zero-order valence-corrected chi connectivity index (χ0v) is 8.55. The molecule has 0 aromatic heterocycles. The zero-order valence-electron chi connectivity index (χ0n) is 8.55. The Hall–Kier alpha value is -0.300. The first-order chi connectivity index (χ1) is 6.16. The molecule has 2 aliphatic rings. The quantitative estimate of drug-likeness (QED) is 0.615. The molecule has 0 radical (unpaired) electrons.